The van der Waals surface area contributed by atoms with Gasteiger partial charge in [-0.25, -0.2) is 4.79 Å². The molecule has 0 bridgehead atoms. The second-order valence-electron chi connectivity index (χ2n) is 5.16. The van der Waals surface area contributed by atoms with Crippen molar-refractivity contribution in [3.8, 4) is 11.5 Å². The van der Waals surface area contributed by atoms with Crippen molar-refractivity contribution in [3.63, 3.8) is 0 Å². The van der Waals surface area contributed by atoms with E-state index in [-0.39, 0.29) is 6.79 Å². The molecule has 0 amide bonds. The average molecular weight is 259 g/mol. The zero-order chi connectivity index (χ0) is 13.3. The van der Waals surface area contributed by atoms with Gasteiger partial charge in [0.1, 0.15) is 0 Å². The Morgan fingerprint density at radius 2 is 1.95 bits per heavy atom. The minimum atomic E-state index is -0.395. The lowest BCUT2D eigenvalue weighted by Gasteiger charge is -2.26. The number of hydrogen-bond donors (Lipinski definition) is 0. The number of carbonyl (C=O) groups excluding carboxylic acids is 1. The highest BCUT2D eigenvalue weighted by Gasteiger charge is 2.38. The highest BCUT2D eigenvalue weighted by Crippen LogP contribution is 2.47. The summed E-state index contributed by atoms with van der Waals surface area (Å²) in [5.41, 5.74) is 1.90. The molecular weight excluding hydrogens is 242 g/mol. The summed E-state index contributed by atoms with van der Waals surface area (Å²) in [5, 5.41) is 0. The van der Waals surface area contributed by atoms with Crippen LogP contribution in [-0.2, 0) is 16.8 Å². The van der Waals surface area contributed by atoms with Crippen LogP contribution in [0, 0.1) is 0 Å². The van der Waals surface area contributed by atoms with Crippen LogP contribution in [0.15, 0.2) is 17.1 Å². The number of nitrogens with zero attached hydrogens (tertiary/aromatic N) is 1. The van der Waals surface area contributed by atoms with Crippen LogP contribution >= 0.6 is 0 Å². The van der Waals surface area contributed by atoms with Crippen molar-refractivity contribution in [1.82, 2.24) is 0 Å². The number of benzene rings is 1. The molecular formula is C15H17NO3. The smallest absolute Gasteiger partial charge is 0.235 e. The molecule has 19 heavy (non-hydrogen) atoms. The van der Waals surface area contributed by atoms with Crippen molar-refractivity contribution < 1.29 is 14.3 Å². The van der Waals surface area contributed by atoms with Gasteiger partial charge in [-0.05, 0) is 42.5 Å². The van der Waals surface area contributed by atoms with Gasteiger partial charge in [-0.3, -0.25) is 0 Å². The molecule has 0 radical (unpaired) electrons. The lowest BCUT2D eigenvalue weighted by Crippen LogP contribution is -2.21. The molecule has 0 atom stereocenters. The van der Waals surface area contributed by atoms with Crippen molar-refractivity contribution in [1.29, 1.82) is 0 Å². The first kappa shape index (κ1) is 12.2. The molecule has 2 aliphatic rings. The summed E-state index contributed by atoms with van der Waals surface area (Å²) in [6.07, 6.45) is 6.69. The van der Waals surface area contributed by atoms with Gasteiger partial charge in [-0.1, -0.05) is 19.8 Å². The quantitative estimate of drug-likeness (QED) is 0.619. The van der Waals surface area contributed by atoms with E-state index in [1.54, 1.807) is 6.08 Å². The van der Waals surface area contributed by atoms with Crippen LogP contribution in [0.5, 0.6) is 11.5 Å². The van der Waals surface area contributed by atoms with Gasteiger partial charge in [-0.2, -0.15) is 4.99 Å². The van der Waals surface area contributed by atoms with Gasteiger partial charge >= 0.3 is 0 Å². The number of fused-ring (bicyclic) bond motifs is 1. The Morgan fingerprint density at radius 1 is 1.26 bits per heavy atom. The van der Waals surface area contributed by atoms with Crippen LogP contribution in [-0.4, -0.2) is 12.9 Å². The Balaban J connectivity index is 2.15. The largest absolute Gasteiger partial charge is 0.454 e. The molecule has 0 N–H and O–H groups in total. The monoisotopic (exact) mass is 259 g/mol. The summed E-state index contributed by atoms with van der Waals surface area (Å²) in [7, 11) is 0. The van der Waals surface area contributed by atoms with Crippen LogP contribution in [0.1, 0.15) is 43.7 Å². The molecule has 1 heterocycles. The number of isocyanates is 1. The van der Waals surface area contributed by atoms with Crippen molar-refractivity contribution >= 4 is 6.08 Å². The summed E-state index contributed by atoms with van der Waals surface area (Å²) >= 11 is 0. The standard InChI is InChI=1S/C15H17NO3/c1-2-11-7-13-14(19-10-18-13)8-12(11)15(16-9-17)5-3-4-6-15/h7-8H,2-6,10H2,1H3. The highest BCUT2D eigenvalue weighted by molar-refractivity contribution is 5.52. The van der Waals surface area contributed by atoms with E-state index in [1.165, 1.54) is 5.56 Å². The van der Waals surface area contributed by atoms with Gasteiger partial charge in [-0.15, -0.1) is 0 Å². The third-order valence-electron chi connectivity index (χ3n) is 4.17. The van der Waals surface area contributed by atoms with Crippen molar-refractivity contribution in [2.24, 2.45) is 4.99 Å². The second kappa shape index (κ2) is 4.71. The summed E-state index contributed by atoms with van der Waals surface area (Å²) in [6.45, 7) is 2.38. The van der Waals surface area contributed by atoms with Gasteiger partial charge in [0.2, 0.25) is 12.9 Å². The fraction of sp³-hybridized carbons (Fsp3) is 0.533. The molecule has 1 aliphatic heterocycles. The maximum absolute atomic E-state index is 10.8. The third-order valence-corrected chi connectivity index (χ3v) is 4.17. The van der Waals surface area contributed by atoms with E-state index in [0.29, 0.717) is 0 Å². The zero-order valence-electron chi connectivity index (χ0n) is 11.1. The molecule has 0 aromatic heterocycles. The normalized spacial score (nSPS) is 19.2. The van der Waals surface area contributed by atoms with Gasteiger partial charge in [0, 0.05) is 0 Å². The Hall–Kier alpha value is -1.80. The van der Waals surface area contributed by atoms with Crippen LogP contribution in [0.2, 0.25) is 0 Å². The van der Waals surface area contributed by atoms with Crippen LogP contribution in [0.25, 0.3) is 0 Å². The molecule has 1 aromatic carbocycles. The molecule has 0 unspecified atom stereocenters. The molecule has 1 aliphatic carbocycles. The van der Waals surface area contributed by atoms with E-state index in [1.807, 2.05) is 12.1 Å². The van der Waals surface area contributed by atoms with Gasteiger partial charge < -0.3 is 9.47 Å². The molecule has 0 spiro atoms. The zero-order valence-corrected chi connectivity index (χ0v) is 11.1. The van der Waals surface area contributed by atoms with E-state index in [0.717, 1.165) is 49.2 Å². The predicted molar refractivity (Wildman–Crippen MR) is 70.2 cm³/mol. The Morgan fingerprint density at radius 3 is 2.58 bits per heavy atom. The van der Waals surface area contributed by atoms with E-state index in [9.17, 15) is 4.79 Å². The van der Waals surface area contributed by atoms with E-state index >= 15 is 0 Å². The molecule has 3 rings (SSSR count). The lowest BCUT2D eigenvalue weighted by atomic mass is 9.84. The van der Waals surface area contributed by atoms with Crippen molar-refractivity contribution in [3.05, 3.63) is 23.3 Å². The van der Waals surface area contributed by atoms with Crippen molar-refractivity contribution in [2.45, 2.75) is 44.6 Å². The summed E-state index contributed by atoms with van der Waals surface area (Å²) in [5.74, 6) is 1.56. The maximum atomic E-state index is 10.8. The summed E-state index contributed by atoms with van der Waals surface area (Å²) in [4.78, 5) is 15.0. The molecule has 4 heteroatoms. The second-order valence-corrected chi connectivity index (χ2v) is 5.16. The lowest BCUT2D eigenvalue weighted by molar-refractivity contribution is 0.174. The molecule has 1 fully saturated rings. The van der Waals surface area contributed by atoms with E-state index in [2.05, 4.69) is 11.9 Å². The first-order valence-corrected chi connectivity index (χ1v) is 6.81. The molecule has 1 saturated carbocycles. The molecule has 1 aromatic rings. The number of ether oxygens (including phenoxy) is 2. The van der Waals surface area contributed by atoms with Gasteiger partial charge in [0.25, 0.3) is 0 Å². The third kappa shape index (κ3) is 1.92. The molecule has 4 nitrogen and oxygen atoms in total. The maximum Gasteiger partial charge on any atom is 0.235 e. The van der Waals surface area contributed by atoms with Crippen LogP contribution in [0.3, 0.4) is 0 Å². The summed E-state index contributed by atoms with van der Waals surface area (Å²) in [6, 6.07) is 4.03. The van der Waals surface area contributed by atoms with Crippen molar-refractivity contribution in [2.75, 3.05) is 6.79 Å². The predicted octanol–water partition coefficient (Wildman–Crippen LogP) is 3.08. The Labute approximate surface area is 112 Å². The number of rotatable bonds is 3. The fourth-order valence-corrected chi connectivity index (χ4v) is 3.20. The van der Waals surface area contributed by atoms with Crippen LogP contribution in [0.4, 0.5) is 0 Å². The average Bonchev–Trinajstić information content (AvgIpc) is 3.06. The first-order valence-electron chi connectivity index (χ1n) is 6.81. The van der Waals surface area contributed by atoms with Crippen LogP contribution < -0.4 is 9.47 Å². The number of hydrogen-bond acceptors (Lipinski definition) is 4. The van der Waals surface area contributed by atoms with E-state index < -0.39 is 5.54 Å². The Kier molecular flexibility index (Phi) is 3.03. The van der Waals surface area contributed by atoms with E-state index in [4.69, 9.17) is 9.47 Å². The molecule has 100 valence electrons. The number of aliphatic imine (C=N–C) groups is 1. The highest BCUT2D eigenvalue weighted by atomic mass is 16.7. The summed E-state index contributed by atoms with van der Waals surface area (Å²) < 4.78 is 10.9. The SMILES string of the molecule is CCc1cc2c(cc1C1(N=C=O)CCCC1)OCO2. The first-order chi connectivity index (χ1) is 9.29. The van der Waals surface area contributed by atoms with Gasteiger partial charge in [0.15, 0.2) is 11.5 Å². The topological polar surface area (TPSA) is 47.9 Å². The van der Waals surface area contributed by atoms with Gasteiger partial charge in [0.05, 0.1) is 5.54 Å². The minimum absolute atomic E-state index is 0.270. The Bertz CT molecular complexity index is 541. The molecule has 0 saturated heterocycles. The fourth-order valence-electron chi connectivity index (χ4n) is 3.20. The number of aryl methyl sites for hydroxylation is 1. The minimum Gasteiger partial charge on any atom is -0.454 e.